The van der Waals surface area contributed by atoms with E-state index in [-0.39, 0.29) is 16.2 Å². The molecule has 2 rings (SSSR count). The fourth-order valence-corrected chi connectivity index (χ4v) is 2.79. The van der Waals surface area contributed by atoms with Crippen LogP contribution in [0.25, 0.3) is 0 Å². The van der Waals surface area contributed by atoms with Crippen molar-refractivity contribution in [3.8, 4) is 11.8 Å². The van der Waals surface area contributed by atoms with Crippen LogP contribution in [0.5, 0.6) is 5.75 Å². The molecule has 1 N–H and O–H groups in total. The summed E-state index contributed by atoms with van der Waals surface area (Å²) in [6, 6.07) is 10.3. The predicted molar refractivity (Wildman–Crippen MR) is 78.8 cm³/mol. The summed E-state index contributed by atoms with van der Waals surface area (Å²) in [5.74, 6) is -1.83. The van der Waals surface area contributed by atoms with Crippen molar-refractivity contribution in [2.75, 3.05) is 7.11 Å². The second-order valence-electron chi connectivity index (χ2n) is 4.42. The van der Waals surface area contributed by atoms with Gasteiger partial charge in [-0.3, -0.25) is 4.79 Å². The number of carbonyl (C=O) groups excluding carboxylic acids is 1. The summed E-state index contributed by atoms with van der Waals surface area (Å²) in [5.41, 5.74) is -0.318. The molecule has 0 saturated carbocycles. The van der Waals surface area contributed by atoms with E-state index in [0.29, 0.717) is 0 Å². The molecule has 0 aliphatic carbocycles. The maximum atomic E-state index is 13.8. The number of rotatable bonds is 4. The van der Waals surface area contributed by atoms with Gasteiger partial charge in [-0.15, -0.1) is 0 Å². The monoisotopic (exact) mass is 334 g/mol. The molecule has 1 amide bonds. The Hall–Kier alpha value is -2.92. The lowest BCUT2D eigenvalue weighted by Gasteiger charge is -2.08. The Morgan fingerprint density at radius 3 is 2.61 bits per heavy atom. The second-order valence-corrected chi connectivity index (χ2v) is 6.10. The number of halogens is 1. The first kappa shape index (κ1) is 16.5. The van der Waals surface area contributed by atoms with Crippen molar-refractivity contribution in [3.05, 3.63) is 59.4 Å². The normalized spacial score (nSPS) is 10.7. The van der Waals surface area contributed by atoms with Crippen LogP contribution in [-0.4, -0.2) is 21.4 Å². The van der Waals surface area contributed by atoms with Gasteiger partial charge in [-0.25, -0.2) is 17.5 Å². The molecule has 0 heterocycles. The standard InChI is InChI=1S/C15H11FN2O4S/c1-22-11-5-6-13(14(16)8-11)15(19)18-23(20,21)12-4-2-3-10(7-12)9-17/h2-8H,1H3,(H,18,19). The minimum absolute atomic E-state index is 0.121. The minimum atomic E-state index is -4.22. The van der Waals surface area contributed by atoms with Crippen molar-refractivity contribution in [2.24, 2.45) is 0 Å². The van der Waals surface area contributed by atoms with E-state index >= 15 is 0 Å². The molecule has 0 unspecified atom stereocenters. The average Bonchev–Trinajstić information content (AvgIpc) is 2.54. The summed E-state index contributed by atoms with van der Waals surface area (Å²) < 4.78 is 44.6. The van der Waals surface area contributed by atoms with Gasteiger partial charge in [0.2, 0.25) is 0 Å². The first-order valence-electron chi connectivity index (χ1n) is 6.28. The lowest BCUT2D eigenvalue weighted by Crippen LogP contribution is -2.31. The van der Waals surface area contributed by atoms with Crippen LogP contribution in [0.2, 0.25) is 0 Å². The van der Waals surface area contributed by atoms with Crippen LogP contribution in [0.15, 0.2) is 47.4 Å². The van der Waals surface area contributed by atoms with Crippen molar-refractivity contribution in [1.29, 1.82) is 5.26 Å². The summed E-state index contributed by atoms with van der Waals surface area (Å²) in [5, 5.41) is 8.78. The fraction of sp³-hybridized carbons (Fsp3) is 0.0667. The molecule has 0 bridgehead atoms. The highest BCUT2D eigenvalue weighted by molar-refractivity contribution is 7.90. The van der Waals surface area contributed by atoms with Crippen LogP contribution in [0.4, 0.5) is 4.39 Å². The third kappa shape index (κ3) is 3.64. The average molecular weight is 334 g/mol. The Labute approximate surface area is 132 Å². The van der Waals surface area contributed by atoms with Gasteiger partial charge in [0.25, 0.3) is 15.9 Å². The molecule has 0 aromatic heterocycles. The highest BCUT2D eigenvalue weighted by Gasteiger charge is 2.21. The number of nitrogens with one attached hydrogen (secondary N) is 1. The number of methoxy groups -OCH3 is 1. The molecule has 8 heteroatoms. The van der Waals surface area contributed by atoms with Gasteiger partial charge < -0.3 is 4.74 Å². The lowest BCUT2D eigenvalue weighted by atomic mass is 10.2. The summed E-state index contributed by atoms with van der Waals surface area (Å²) in [6.07, 6.45) is 0. The van der Waals surface area contributed by atoms with E-state index in [1.807, 2.05) is 0 Å². The van der Waals surface area contributed by atoms with Crippen LogP contribution in [0.1, 0.15) is 15.9 Å². The number of amides is 1. The van der Waals surface area contributed by atoms with Crippen molar-refractivity contribution >= 4 is 15.9 Å². The third-order valence-corrected chi connectivity index (χ3v) is 4.25. The first-order valence-corrected chi connectivity index (χ1v) is 7.76. The topological polar surface area (TPSA) is 96.3 Å². The van der Waals surface area contributed by atoms with E-state index in [1.54, 1.807) is 10.8 Å². The van der Waals surface area contributed by atoms with E-state index < -0.39 is 27.3 Å². The summed E-state index contributed by atoms with van der Waals surface area (Å²) in [7, 11) is -2.89. The van der Waals surface area contributed by atoms with Gasteiger partial charge >= 0.3 is 0 Å². The fourth-order valence-electron chi connectivity index (χ4n) is 1.78. The summed E-state index contributed by atoms with van der Waals surface area (Å²) >= 11 is 0. The van der Waals surface area contributed by atoms with Gasteiger partial charge in [-0.2, -0.15) is 5.26 Å². The van der Waals surface area contributed by atoms with Crippen molar-refractivity contribution in [2.45, 2.75) is 4.90 Å². The van der Waals surface area contributed by atoms with E-state index in [9.17, 15) is 17.6 Å². The van der Waals surface area contributed by atoms with Crippen LogP contribution in [0, 0.1) is 17.1 Å². The second kappa shape index (κ2) is 6.46. The molecule has 0 spiro atoms. The smallest absolute Gasteiger partial charge is 0.267 e. The van der Waals surface area contributed by atoms with Gasteiger partial charge in [0.15, 0.2) is 0 Å². The number of hydrogen-bond acceptors (Lipinski definition) is 5. The molecule has 23 heavy (non-hydrogen) atoms. The largest absolute Gasteiger partial charge is 0.497 e. The van der Waals surface area contributed by atoms with Crippen molar-refractivity contribution < 1.29 is 22.3 Å². The Morgan fingerprint density at radius 1 is 1.26 bits per heavy atom. The van der Waals surface area contributed by atoms with Crippen LogP contribution >= 0.6 is 0 Å². The molecule has 2 aromatic carbocycles. The minimum Gasteiger partial charge on any atom is -0.497 e. The maximum absolute atomic E-state index is 13.8. The van der Waals surface area contributed by atoms with Crippen LogP contribution in [-0.2, 0) is 10.0 Å². The Morgan fingerprint density at radius 2 is 2.00 bits per heavy atom. The number of nitrogens with zero attached hydrogens (tertiary/aromatic N) is 1. The SMILES string of the molecule is COc1ccc(C(=O)NS(=O)(=O)c2cccc(C#N)c2)c(F)c1. The Balaban J connectivity index is 2.30. The molecule has 6 nitrogen and oxygen atoms in total. The first-order chi connectivity index (χ1) is 10.9. The number of nitriles is 1. The van der Waals surface area contributed by atoms with Gasteiger partial charge in [0, 0.05) is 6.07 Å². The maximum Gasteiger partial charge on any atom is 0.267 e. The molecule has 0 saturated heterocycles. The molecule has 0 atom stereocenters. The van der Waals surface area contributed by atoms with Crippen molar-refractivity contribution in [1.82, 2.24) is 4.72 Å². The number of ether oxygens (including phenoxy) is 1. The molecule has 0 aliphatic heterocycles. The molecule has 2 aromatic rings. The molecule has 0 fully saturated rings. The van der Waals surface area contributed by atoms with Crippen LogP contribution < -0.4 is 9.46 Å². The quantitative estimate of drug-likeness (QED) is 0.920. The zero-order chi connectivity index (χ0) is 17.0. The zero-order valence-electron chi connectivity index (χ0n) is 11.9. The van der Waals surface area contributed by atoms with Crippen LogP contribution in [0.3, 0.4) is 0 Å². The Kier molecular flexibility index (Phi) is 4.62. The third-order valence-electron chi connectivity index (χ3n) is 2.92. The molecule has 0 radical (unpaired) electrons. The molecule has 118 valence electrons. The van der Waals surface area contributed by atoms with E-state index in [0.717, 1.165) is 18.2 Å². The van der Waals surface area contributed by atoms with Gasteiger partial charge in [0.1, 0.15) is 11.6 Å². The van der Waals surface area contributed by atoms with Gasteiger partial charge in [-0.1, -0.05) is 6.07 Å². The van der Waals surface area contributed by atoms with E-state index in [2.05, 4.69) is 0 Å². The van der Waals surface area contributed by atoms with E-state index in [1.165, 1.54) is 31.4 Å². The molecule has 0 aliphatic rings. The molecular formula is C15H11FN2O4S. The Bertz CT molecular complexity index is 904. The predicted octanol–water partition coefficient (Wildman–Crippen LogP) is 1.82. The number of sulfonamides is 1. The summed E-state index contributed by atoms with van der Waals surface area (Å²) in [6.45, 7) is 0. The highest BCUT2D eigenvalue weighted by Crippen LogP contribution is 2.17. The molecular weight excluding hydrogens is 323 g/mol. The summed E-state index contributed by atoms with van der Waals surface area (Å²) in [4.78, 5) is 11.7. The van der Waals surface area contributed by atoms with Gasteiger partial charge in [0.05, 0.1) is 29.2 Å². The zero-order valence-corrected chi connectivity index (χ0v) is 12.7. The number of benzene rings is 2. The number of carbonyl (C=O) groups is 1. The highest BCUT2D eigenvalue weighted by atomic mass is 32.2. The van der Waals surface area contributed by atoms with E-state index in [4.69, 9.17) is 10.00 Å². The van der Waals surface area contributed by atoms with Gasteiger partial charge in [-0.05, 0) is 30.3 Å². The lowest BCUT2D eigenvalue weighted by molar-refractivity contribution is 0.0977. The van der Waals surface area contributed by atoms with Crippen molar-refractivity contribution in [3.63, 3.8) is 0 Å². The number of hydrogen-bond donors (Lipinski definition) is 1.